The highest BCUT2D eigenvalue weighted by Crippen LogP contribution is 2.24. The zero-order valence-electron chi connectivity index (χ0n) is 13.4. The van der Waals surface area contributed by atoms with Gasteiger partial charge >= 0.3 is 0 Å². The Morgan fingerprint density at radius 3 is 2.32 bits per heavy atom. The van der Waals surface area contributed by atoms with Crippen LogP contribution >= 0.6 is 0 Å². The third kappa shape index (κ3) is 2.54. The van der Waals surface area contributed by atoms with Gasteiger partial charge in [0, 0.05) is 37.1 Å². The van der Waals surface area contributed by atoms with Gasteiger partial charge < -0.3 is 9.47 Å². The van der Waals surface area contributed by atoms with E-state index in [1.165, 1.54) is 4.57 Å². The molecular weight excluding hydrogens is 276 g/mol. The summed E-state index contributed by atoms with van der Waals surface area (Å²) < 4.78 is 1.51. The van der Waals surface area contributed by atoms with Crippen LogP contribution in [0.5, 0.6) is 0 Å². The number of hydrogen-bond donors (Lipinski definition) is 0. The highest BCUT2D eigenvalue weighted by molar-refractivity contribution is 6.06. The fourth-order valence-corrected chi connectivity index (χ4v) is 3.59. The maximum Gasteiger partial charge on any atom is 0.258 e. The van der Waals surface area contributed by atoms with Gasteiger partial charge in [0.15, 0.2) is 0 Å². The lowest BCUT2D eigenvalue weighted by Crippen LogP contribution is -2.43. The number of hydrogen-bond acceptors (Lipinski definition) is 2. The number of amides is 1. The Morgan fingerprint density at radius 1 is 1.09 bits per heavy atom. The molecule has 1 aromatic carbocycles. The molecular formula is C18H22N2O2. The Balaban J connectivity index is 2.08. The quantitative estimate of drug-likeness (QED) is 0.812. The first-order chi connectivity index (χ1) is 10.5. The number of likely N-dealkylation sites (tertiary alicyclic amines) is 1. The van der Waals surface area contributed by atoms with Gasteiger partial charge in [-0.05, 0) is 24.3 Å². The van der Waals surface area contributed by atoms with Crippen molar-refractivity contribution in [2.75, 3.05) is 13.1 Å². The Labute approximate surface area is 130 Å². The van der Waals surface area contributed by atoms with E-state index in [2.05, 4.69) is 13.8 Å². The minimum Gasteiger partial charge on any atom is -0.338 e. The van der Waals surface area contributed by atoms with Crippen LogP contribution < -0.4 is 5.56 Å². The molecule has 22 heavy (non-hydrogen) atoms. The first-order valence-electron chi connectivity index (χ1n) is 7.85. The van der Waals surface area contributed by atoms with Crippen LogP contribution in [-0.4, -0.2) is 28.5 Å². The second kappa shape index (κ2) is 5.59. The average Bonchev–Trinajstić information content (AvgIpc) is 2.49. The van der Waals surface area contributed by atoms with Gasteiger partial charge in [0.25, 0.3) is 11.5 Å². The molecule has 0 N–H and O–H groups in total. The third-order valence-electron chi connectivity index (χ3n) is 4.48. The summed E-state index contributed by atoms with van der Waals surface area (Å²) in [6.07, 6.45) is 2.84. The highest BCUT2D eigenvalue weighted by atomic mass is 16.2. The lowest BCUT2D eigenvalue weighted by molar-refractivity contribution is 0.0624. The van der Waals surface area contributed by atoms with E-state index in [1.54, 1.807) is 19.3 Å². The van der Waals surface area contributed by atoms with Crippen molar-refractivity contribution in [2.45, 2.75) is 20.3 Å². The second-order valence-corrected chi connectivity index (χ2v) is 6.66. The molecule has 0 saturated carbocycles. The summed E-state index contributed by atoms with van der Waals surface area (Å²) in [5.41, 5.74) is 0.562. The Bertz CT molecular complexity index is 768. The van der Waals surface area contributed by atoms with E-state index in [1.807, 2.05) is 23.1 Å². The van der Waals surface area contributed by atoms with E-state index in [-0.39, 0.29) is 11.5 Å². The minimum atomic E-state index is -0.0625. The molecule has 2 heterocycles. The standard InChI is InChI=1S/C18H22N2O2/c1-12-8-13(2)10-20(9-12)18(22)16-11-19(3)17(21)15-7-5-4-6-14(15)16/h4-7,11-13H,8-10H2,1-3H3. The number of fused-ring (bicyclic) bond motifs is 1. The monoisotopic (exact) mass is 298 g/mol. The zero-order chi connectivity index (χ0) is 15.9. The van der Waals surface area contributed by atoms with Crippen LogP contribution in [-0.2, 0) is 7.05 Å². The zero-order valence-corrected chi connectivity index (χ0v) is 13.4. The number of carbonyl (C=O) groups excluding carboxylic acids is 1. The lowest BCUT2D eigenvalue weighted by Gasteiger charge is -2.35. The highest BCUT2D eigenvalue weighted by Gasteiger charge is 2.27. The van der Waals surface area contributed by atoms with Gasteiger partial charge in [-0.25, -0.2) is 0 Å². The number of benzene rings is 1. The number of piperidine rings is 1. The summed E-state index contributed by atoms with van der Waals surface area (Å²) in [5.74, 6) is 1.07. The summed E-state index contributed by atoms with van der Waals surface area (Å²) in [5, 5.41) is 1.36. The van der Waals surface area contributed by atoms with Crippen LogP contribution in [0.25, 0.3) is 10.8 Å². The summed E-state index contributed by atoms with van der Waals surface area (Å²) in [6.45, 7) is 5.96. The number of nitrogens with zero attached hydrogens (tertiary/aromatic N) is 2. The van der Waals surface area contributed by atoms with E-state index >= 15 is 0 Å². The normalized spacial score (nSPS) is 22.0. The number of carbonyl (C=O) groups is 1. The van der Waals surface area contributed by atoms with Gasteiger partial charge in [-0.1, -0.05) is 32.0 Å². The van der Waals surface area contributed by atoms with Crippen LogP contribution in [0.1, 0.15) is 30.6 Å². The SMILES string of the molecule is CC1CC(C)CN(C(=O)c2cn(C)c(=O)c3ccccc23)C1. The molecule has 1 aromatic heterocycles. The van der Waals surface area contributed by atoms with Crippen LogP contribution in [0.2, 0.25) is 0 Å². The molecule has 116 valence electrons. The molecule has 1 aliphatic heterocycles. The largest absolute Gasteiger partial charge is 0.338 e. The predicted octanol–water partition coefficient (Wildman–Crippen LogP) is 2.66. The molecule has 2 atom stereocenters. The van der Waals surface area contributed by atoms with Gasteiger partial charge in [0.05, 0.1) is 5.56 Å². The first kappa shape index (κ1) is 14.8. The molecule has 0 spiro atoms. The Kier molecular flexibility index (Phi) is 3.77. The van der Waals surface area contributed by atoms with E-state index < -0.39 is 0 Å². The van der Waals surface area contributed by atoms with Crippen molar-refractivity contribution in [3.8, 4) is 0 Å². The average molecular weight is 298 g/mol. The number of pyridine rings is 1. The molecule has 1 aliphatic rings. The van der Waals surface area contributed by atoms with Gasteiger partial charge in [0.2, 0.25) is 0 Å². The van der Waals surface area contributed by atoms with Crippen molar-refractivity contribution in [2.24, 2.45) is 18.9 Å². The summed E-state index contributed by atoms with van der Waals surface area (Å²) in [7, 11) is 1.70. The maximum absolute atomic E-state index is 13.0. The van der Waals surface area contributed by atoms with Crippen molar-refractivity contribution in [1.29, 1.82) is 0 Å². The van der Waals surface area contributed by atoms with E-state index in [9.17, 15) is 9.59 Å². The molecule has 0 aliphatic carbocycles. The van der Waals surface area contributed by atoms with Crippen molar-refractivity contribution in [1.82, 2.24) is 9.47 Å². The van der Waals surface area contributed by atoms with E-state index in [0.29, 0.717) is 22.8 Å². The summed E-state index contributed by atoms with van der Waals surface area (Å²) in [4.78, 5) is 27.1. The molecule has 0 bridgehead atoms. The number of aromatic nitrogens is 1. The number of aryl methyl sites for hydroxylation is 1. The summed E-state index contributed by atoms with van der Waals surface area (Å²) in [6, 6.07) is 7.36. The molecule has 2 aromatic rings. The van der Waals surface area contributed by atoms with Gasteiger partial charge in [-0.3, -0.25) is 9.59 Å². The van der Waals surface area contributed by atoms with Crippen molar-refractivity contribution >= 4 is 16.7 Å². The van der Waals surface area contributed by atoms with Crippen molar-refractivity contribution in [3.05, 3.63) is 46.4 Å². The Hall–Kier alpha value is -2.10. The third-order valence-corrected chi connectivity index (χ3v) is 4.48. The molecule has 1 saturated heterocycles. The molecule has 3 rings (SSSR count). The van der Waals surface area contributed by atoms with Gasteiger partial charge in [-0.15, -0.1) is 0 Å². The smallest absolute Gasteiger partial charge is 0.258 e. The molecule has 0 radical (unpaired) electrons. The first-order valence-corrected chi connectivity index (χ1v) is 7.85. The van der Waals surface area contributed by atoms with Crippen LogP contribution in [0.15, 0.2) is 35.3 Å². The number of rotatable bonds is 1. The minimum absolute atomic E-state index is 0.0326. The van der Waals surface area contributed by atoms with Gasteiger partial charge in [-0.2, -0.15) is 0 Å². The molecule has 2 unspecified atom stereocenters. The van der Waals surface area contributed by atoms with Crippen LogP contribution in [0, 0.1) is 11.8 Å². The lowest BCUT2D eigenvalue weighted by atomic mass is 9.91. The van der Waals surface area contributed by atoms with Gasteiger partial charge in [0.1, 0.15) is 0 Å². The van der Waals surface area contributed by atoms with Crippen LogP contribution in [0.3, 0.4) is 0 Å². The molecule has 1 amide bonds. The molecule has 4 nitrogen and oxygen atoms in total. The predicted molar refractivity (Wildman–Crippen MR) is 88.0 cm³/mol. The Morgan fingerprint density at radius 2 is 1.68 bits per heavy atom. The summed E-state index contributed by atoms with van der Waals surface area (Å²) >= 11 is 0. The van der Waals surface area contributed by atoms with Crippen molar-refractivity contribution < 1.29 is 4.79 Å². The fourth-order valence-electron chi connectivity index (χ4n) is 3.59. The fraction of sp³-hybridized carbons (Fsp3) is 0.444. The molecule has 4 heteroatoms. The van der Waals surface area contributed by atoms with Crippen LogP contribution in [0.4, 0.5) is 0 Å². The van der Waals surface area contributed by atoms with E-state index in [0.717, 1.165) is 24.9 Å². The topological polar surface area (TPSA) is 42.3 Å². The van der Waals surface area contributed by atoms with E-state index in [4.69, 9.17) is 0 Å². The maximum atomic E-state index is 13.0. The second-order valence-electron chi connectivity index (χ2n) is 6.66. The molecule has 1 fully saturated rings. The van der Waals surface area contributed by atoms with Crippen molar-refractivity contribution in [3.63, 3.8) is 0 Å².